The monoisotopic (exact) mass is 274 g/mol. The molecule has 3 aliphatic carbocycles. The van der Waals surface area contributed by atoms with E-state index in [1.807, 2.05) is 0 Å². The highest BCUT2D eigenvalue weighted by molar-refractivity contribution is 5.46. The first-order valence-corrected chi connectivity index (χ1v) is 7.81. The molecule has 1 N–H and O–H groups in total. The van der Waals surface area contributed by atoms with E-state index in [2.05, 4.69) is 26.0 Å². The van der Waals surface area contributed by atoms with Crippen LogP contribution in [0.15, 0.2) is 12.1 Å². The highest BCUT2D eigenvalue weighted by Gasteiger charge is 2.49. The molecule has 0 heterocycles. The number of ether oxygens (including phenoxy) is 1. The van der Waals surface area contributed by atoms with Gasteiger partial charge >= 0.3 is 0 Å². The molecule has 0 spiro atoms. The van der Waals surface area contributed by atoms with Crippen LogP contribution in [-0.2, 0) is 5.41 Å². The molecule has 0 amide bonds. The number of hydrogen-bond donors (Lipinski definition) is 1. The van der Waals surface area contributed by atoms with Gasteiger partial charge in [0.25, 0.3) is 0 Å². The number of aliphatic hydroxyl groups excluding tert-OH is 1. The first-order valence-electron chi connectivity index (χ1n) is 7.81. The number of benzene rings is 1. The smallest absolute Gasteiger partial charge is 0.124 e. The lowest BCUT2D eigenvalue weighted by Gasteiger charge is -2.53. The Kier molecular flexibility index (Phi) is 3.32. The second-order valence-corrected chi connectivity index (χ2v) is 7.08. The molecule has 2 bridgehead atoms. The standard InChI is InChI=1S/C18H26O2/c1-13-10-15(11-14(2)16(13)20-3)18-7-4-17(12-19,5-8-18)6-9-18/h10-11,19H,4-9,12H2,1-3H3. The van der Waals surface area contributed by atoms with E-state index >= 15 is 0 Å². The normalized spacial score (nSPS) is 32.4. The van der Waals surface area contributed by atoms with E-state index in [9.17, 15) is 5.11 Å². The number of aliphatic hydroxyl groups is 1. The van der Waals surface area contributed by atoms with Crippen molar-refractivity contribution in [2.24, 2.45) is 5.41 Å². The van der Waals surface area contributed by atoms with Crippen LogP contribution in [0.1, 0.15) is 55.2 Å². The molecule has 0 aromatic heterocycles. The molecule has 2 heteroatoms. The number of hydrogen-bond acceptors (Lipinski definition) is 2. The minimum absolute atomic E-state index is 0.248. The number of methoxy groups -OCH3 is 1. The van der Waals surface area contributed by atoms with Gasteiger partial charge in [-0.15, -0.1) is 0 Å². The Balaban J connectivity index is 1.95. The SMILES string of the molecule is COc1c(C)cc(C23CCC(CO)(CC2)CC3)cc1C. The zero-order valence-electron chi connectivity index (χ0n) is 13.0. The highest BCUT2D eigenvalue weighted by atomic mass is 16.5. The quantitative estimate of drug-likeness (QED) is 0.906. The second-order valence-electron chi connectivity index (χ2n) is 7.08. The van der Waals surface area contributed by atoms with Crippen LogP contribution in [0.25, 0.3) is 0 Å². The van der Waals surface area contributed by atoms with Crippen molar-refractivity contribution in [1.29, 1.82) is 0 Å². The molecule has 3 fully saturated rings. The Morgan fingerprint density at radius 2 is 1.50 bits per heavy atom. The maximum Gasteiger partial charge on any atom is 0.124 e. The molecular formula is C18H26O2. The molecule has 0 aliphatic heterocycles. The molecule has 4 rings (SSSR count). The van der Waals surface area contributed by atoms with Crippen molar-refractivity contribution in [1.82, 2.24) is 0 Å². The summed E-state index contributed by atoms with van der Waals surface area (Å²) in [6, 6.07) is 4.67. The van der Waals surface area contributed by atoms with Crippen LogP contribution in [0.2, 0.25) is 0 Å². The Hall–Kier alpha value is -1.02. The van der Waals surface area contributed by atoms with E-state index in [1.165, 1.54) is 55.2 Å². The van der Waals surface area contributed by atoms with Crippen LogP contribution in [0.4, 0.5) is 0 Å². The Morgan fingerprint density at radius 1 is 1.00 bits per heavy atom. The molecule has 0 radical (unpaired) electrons. The van der Waals surface area contributed by atoms with Crippen molar-refractivity contribution in [2.75, 3.05) is 13.7 Å². The summed E-state index contributed by atoms with van der Waals surface area (Å²) < 4.78 is 5.49. The van der Waals surface area contributed by atoms with Crippen molar-refractivity contribution >= 4 is 0 Å². The van der Waals surface area contributed by atoms with E-state index in [4.69, 9.17) is 4.74 Å². The van der Waals surface area contributed by atoms with Crippen molar-refractivity contribution in [3.63, 3.8) is 0 Å². The zero-order chi connectivity index (χ0) is 14.4. The molecular weight excluding hydrogens is 248 g/mol. The topological polar surface area (TPSA) is 29.5 Å². The summed E-state index contributed by atoms with van der Waals surface area (Å²) in [6.07, 6.45) is 7.27. The molecule has 3 saturated carbocycles. The number of fused-ring (bicyclic) bond motifs is 3. The minimum Gasteiger partial charge on any atom is -0.496 e. The largest absolute Gasteiger partial charge is 0.496 e. The maximum absolute atomic E-state index is 9.66. The third-order valence-electron chi connectivity index (χ3n) is 6.01. The van der Waals surface area contributed by atoms with Gasteiger partial charge in [0.15, 0.2) is 0 Å². The zero-order valence-corrected chi connectivity index (χ0v) is 13.0. The summed E-state index contributed by atoms with van der Waals surface area (Å²) in [5.74, 6) is 1.03. The lowest BCUT2D eigenvalue weighted by atomic mass is 9.52. The van der Waals surface area contributed by atoms with Crippen LogP contribution in [0, 0.1) is 19.3 Å². The molecule has 0 atom stereocenters. The fourth-order valence-corrected chi connectivity index (χ4v) is 4.51. The van der Waals surface area contributed by atoms with Crippen LogP contribution < -0.4 is 4.74 Å². The average Bonchev–Trinajstić information content (AvgIpc) is 2.49. The van der Waals surface area contributed by atoms with Crippen molar-refractivity contribution in [3.05, 3.63) is 28.8 Å². The average molecular weight is 274 g/mol. The summed E-state index contributed by atoms with van der Waals surface area (Å²) in [5.41, 5.74) is 4.61. The predicted octanol–water partition coefficient (Wildman–Crippen LogP) is 3.90. The lowest BCUT2D eigenvalue weighted by Crippen LogP contribution is -2.45. The molecule has 20 heavy (non-hydrogen) atoms. The molecule has 0 saturated heterocycles. The van der Waals surface area contributed by atoms with Gasteiger partial charge in [0, 0.05) is 6.61 Å². The molecule has 0 unspecified atom stereocenters. The van der Waals surface area contributed by atoms with Crippen molar-refractivity contribution in [3.8, 4) is 5.75 Å². The molecule has 1 aromatic carbocycles. The van der Waals surface area contributed by atoms with Crippen LogP contribution in [0.5, 0.6) is 5.75 Å². The maximum atomic E-state index is 9.66. The molecule has 3 aliphatic rings. The summed E-state index contributed by atoms with van der Waals surface area (Å²) in [4.78, 5) is 0. The first-order chi connectivity index (χ1) is 9.54. The van der Waals surface area contributed by atoms with Gasteiger partial charge < -0.3 is 9.84 Å². The van der Waals surface area contributed by atoms with Gasteiger partial charge in [0.2, 0.25) is 0 Å². The van der Waals surface area contributed by atoms with Crippen molar-refractivity contribution < 1.29 is 9.84 Å². The molecule has 2 nitrogen and oxygen atoms in total. The molecule has 110 valence electrons. The van der Waals surface area contributed by atoms with Gasteiger partial charge in [0.1, 0.15) is 5.75 Å². The van der Waals surface area contributed by atoms with Crippen LogP contribution in [-0.4, -0.2) is 18.8 Å². The third-order valence-corrected chi connectivity index (χ3v) is 6.01. The van der Waals surface area contributed by atoms with Gasteiger partial charge in [-0.1, -0.05) is 12.1 Å². The van der Waals surface area contributed by atoms with Gasteiger partial charge in [-0.3, -0.25) is 0 Å². The van der Waals surface area contributed by atoms with Gasteiger partial charge in [0.05, 0.1) is 7.11 Å². The predicted molar refractivity (Wildman–Crippen MR) is 81.4 cm³/mol. The van der Waals surface area contributed by atoms with Gasteiger partial charge in [-0.2, -0.15) is 0 Å². The summed E-state index contributed by atoms with van der Waals surface area (Å²) in [7, 11) is 1.75. The Labute approximate surface area is 122 Å². The summed E-state index contributed by atoms with van der Waals surface area (Å²) >= 11 is 0. The van der Waals surface area contributed by atoms with E-state index in [0.717, 1.165) is 5.75 Å². The van der Waals surface area contributed by atoms with E-state index < -0.39 is 0 Å². The van der Waals surface area contributed by atoms with Crippen LogP contribution in [0.3, 0.4) is 0 Å². The summed E-state index contributed by atoms with van der Waals surface area (Å²) in [6.45, 7) is 4.68. The second kappa shape index (κ2) is 4.77. The Bertz CT molecular complexity index is 471. The van der Waals surface area contributed by atoms with E-state index in [-0.39, 0.29) is 5.41 Å². The lowest BCUT2D eigenvalue weighted by molar-refractivity contribution is -0.00692. The fraction of sp³-hybridized carbons (Fsp3) is 0.667. The van der Waals surface area contributed by atoms with Gasteiger partial charge in [-0.25, -0.2) is 0 Å². The first kappa shape index (κ1) is 13.9. The van der Waals surface area contributed by atoms with Crippen LogP contribution >= 0.6 is 0 Å². The third kappa shape index (κ3) is 1.96. The number of aryl methyl sites for hydroxylation is 2. The molecule has 1 aromatic rings. The fourth-order valence-electron chi connectivity index (χ4n) is 4.51. The Morgan fingerprint density at radius 3 is 1.90 bits per heavy atom. The highest BCUT2D eigenvalue weighted by Crippen LogP contribution is 2.57. The van der Waals surface area contributed by atoms with E-state index in [1.54, 1.807) is 7.11 Å². The summed E-state index contributed by atoms with van der Waals surface area (Å²) in [5, 5.41) is 9.66. The van der Waals surface area contributed by atoms with E-state index in [0.29, 0.717) is 12.0 Å². The number of rotatable bonds is 3. The van der Waals surface area contributed by atoms with Gasteiger partial charge in [-0.05, 0) is 79.9 Å². The minimum atomic E-state index is 0.248. The van der Waals surface area contributed by atoms with Crippen molar-refractivity contribution in [2.45, 2.75) is 57.8 Å².